The molecule has 0 amide bonds. The fourth-order valence-corrected chi connectivity index (χ4v) is 6.83. The Morgan fingerprint density at radius 2 is 1.94 bits per heavy atom. The van der Waals surface area contributed by atoms with Crippen LogP contribution in [0.15, 0.2) is 42.5 Å². The predicted octanol–water partition coefficient (Wildman–Crippen LogP) is 5.97. The molecule has 0 unspecified atom stereocenters. The molecule has 34 heavy (non-hydrogen) atoms. The van der Waals surface area contributed by atoms with Crippen molar-refractivity contribution in [3.8, 4) is 0 Å². The number of hydrogen-bond donors (Lipinski definition) is 1. The van der Waals surface area contributed by atoms with Crippen molar-refractivity contribution in [1.82, 2.24) is 14.9 Å². The van der Waals surface area contributed by atoms with Gasteiger partial charge in [-0.25, -0.2) is 9.97 Å². The first-order chi connectivity index (χ1) is 16.7. The highest BCUT2D eigenvalue weighted by Crippen LogP contribution is 2.41. The van der Waals surface area contributed by atoms with Crippen molar-refractivity contribution in [2.75, 3.05) is 31.6 Å². The summed E-state index contributed by atoms with van der Waals surface area (Å²) in [5.41, 5.74) is 2.78. The molecule has 6 rings (SSSR count). The molecule has 2 aromatic heterocycles. The van der Waals surface area contributed by atoms with Crippen LogP contribution >= 0.6 is 11.3 Å². The van der Waals surface area contributed by atoms with Crippen LogP contribution < -0.4 is 5.32 Å². The van der Waals surface area contributed by atoms with Crippen LogP contribution in [-0.2, 0) is 24.1 Å². The van der Waals surface area contributed by atoms with E-state index >= 15 is 0 Å². The third-order valence-corrected chi connectivity index (χ3v) is 8.46. The Hall–Kier alpha value is -2.54. The van der Waals surface area contributed by atoms with Gasteiger partial charge in [-0.1, -0.05) is 49.4 Å². The molecule has 5 nitrogen and oxygen atoms in total. The first-order valence-corrected chi connectivity index (χ1v) is 13.3. The molecule has 0 bridgehead atoms. The van der Waals surface area contributed by atoms with E-state index in [1.807, 2.05) is 11.3 Å². The maximum Gasteiger partial charge on any atom is 0.146 e. The predicted molar refractivity (Wildman–Crippen MR) is 141 cm³/mol. The molecule has 2 atom stereocenters. The number of nitrogens with one attached hydrogen (secondary N) is 1. The lowest BCUT2D eigenvalue weighted by atomic mass is 9.89. The number of aryl methyl sites for hydroxylation is 1. The highest BCUT2D eigenvalue weighted by Gasteiger charge is 2.25. The average Bonchev–Trinajstić information content (AvgIpc) is 3.21. The van der Waals surface area contributed by atoms with Crippen LogP contribution in [0.5, 0.6) is 0 Å². The fourth-order valence-electron chi connectivity index (χ4n) is 5.43. The van der Waals surface area contributed by atoms with Gasteiger partial charge in [-0.05, 0) is 54.0 Å². The lowest BCUT2D eigenvalue weighted by Crippen LogP contribution is -2.36. The summed E-state index contributed by atoms with van der Waals surface area (Å²) in [7, 11) is 0. The summed E-state index contributed by atoms with van der Waals surface area (Å²) in [4.78, 5) is 15.3. The van der Waals surface area contributed by atoms with Gasteiger partial charge in [-0.2, -0.15) is 0 Å². The van der Waals surface area contributed by atoms with Crippen molar-refractivity contribution in [3.63, 3.8) is 0 Å². The van der Waals surface area contributed by atoms with Crippen molar-refractivity contribution in [2.45, 2.75) is 45.7 Å². The van der Waals surface area contributed by atoms with Gasteiger partial charge in [0.25, 0.3) is 0 Å². The quantitative estimate of drug-likeness (QED) is 0.388. The fraction of sp³-hybridized carbons (Fsp3) is 0.429. The molecule has 6 heteroatoms. The number of aromatic nitrogens is 2. The van der Waals surface area contributed by atoms with Crippen molar-refractivity contribution in [2.24, 2.45) is 5.92 Å². The normalized spacial score (nSPS) is 19.9. The van der Waals surface area contributed by atoms with E-state index in [-0.39, 0.29) is 6.04 Å². The number of nitrogens with zero attached hydrogens (tertiary/aromatic N) is 3. The molecule has 1 fully saturated rings. The van der Waals surface area contributed by atoms with Crippen LogP contribution in [0.4, 0.5) is 5.82 Å². The molecule has 3 heterocycles. The Balaban J connectivity index is 1.41. The first-order valence-electron chi connectivity index (χ1n) is 12.5. The van der Waals surface area contributed by atoms with Gasteiger partial charge in [-0.15, -0.1) is 11.3 Å². The van der Waals surface area contributed by atoms with E-state index in [2.05, 4.69) is 66.5 Å². The van der Waals surface area contributed by atoms with Crippen LogP contribution in [0.3, 0.4) is 0 Å². The summed E-state index contributed by atoms with van der Waals surface area (Å²) >= 11 is 1.88. The van der Waals surface area contributed by atoms with E-state index in [1.165, 1.54) is 38.6 Å². The SMILES string of the molecule is C[C@@H]1CCc2c(sc3nc(CN4CCOCC4)nc(N[C@@H](C)c4cccc5ccccc45)c23)C1. The van der Waals surface area contributed by atoms with E-state index in [0.29, 0.717) is 0 Å². The summed E-state index contributed by atoms with van der Waals surface area (Å²) in [6.07, 6.45) is 3.53. The maximum absolute atomic E-state index is 5.54. The molecular weight excluding hydrogens is 440 g/mol. The summed E-state index contributed by atoms with van der Waals surface area (Å²) < 4.78 is 5.54. The summed E-state index contributed by atoms with van der Waals surface area (Å²) in [5, 5.41) is 7.66. The van der Waals surface area contributed by atoms with E-state index in [0.717, 1.165) is 68.1 Å². The third-order valence-electron chi connectivity index (χ3n) is 7.31. The maximum atomic E-state index is 5.54. The van der Waals surface area contributed by atoms with Gasteiger partial charge < -0.3 is 10.1 Å². The van der Waals surface area contributed by atoms with Gasteiger partial charge in [0, 0.05) is 18.0 Å². The van der Waals surface area contributed by atoms with Crippen molar-refractivity contribution < 1.29 is 4.74 Å². The van der Waals surface area contributed by atoms with E-state index in [1.54, 1.807) is 0 Å². The average molecular weight is 473 g/mol. The molecule has 0 spiro atoms. The second kappa shape index (κ2) is 9.25. The number of morpholine rings is 1. The summed E-state index contributed by atoms with van der Waals surface area (Å²) in [6, 6.07) is 15.3. The molecule has 2 aliphatic rings. The van der Waals surface area contributed by atoms with Crippen LogP contribution in [0.1, 0.15) is 48.1 Å². The Morgan fingerprint density at radius 3 is 2.82 bits per heavy atom. The highest BCUT2D eigenvalue weighted by molar-refractivity contribution is 7.19. The first kappa shape index (κ1) is 22.0. The van der Waals surface area contributed by atoms with Crippen LogP contribution in [0.25, 0.3) is 21.0 Å². The standard InChI is InChI=1S/C28H32N4OS/c1-18-10-11-23-24(16-18)34-28-26(23)27(30-25(31-28)17-32-12-14-33-15-13-32)29-19(2)21-9-5-7-20-6-3-4-8-22(20)21/h3-9,18-19H,10-17H2,1-2H3,(H,29,30,31)/t18-,19+/m1/s1. The number of fused-ring (bicyclic) bond motifs is 4. The van der Waals surface area contributed by atoms with Crippen molar-refractivity contribution in [3.05, 3.63) is 64.3 Å². The van der Waals surface area contributed by atoms with Gasteiger partial charge in [0.2, 0.25) is 0 Å². The molecule has 2 aromatic carbocycles. The van der Waals surface area contributed by atoms with Gasteiger partial charge >= 0.3 is 0 Å². The third kappa shape index (κ3) is 4.19. The zero-order chi connectivity index (χ0) is 23.1. The van der Waals surface area contributed by atoms with E-state index in [4.69, 9.17) is 14.7 Å². The van der Waals surface area contributed by atoms with E-state index in [9.17, 15) is 0 Å². The molecular formula is C28H32N4OS. The lowest BCUT2D eigenvalue weighted by molar-refractivity contribution is 0.0331. The zero-order valence-corrected chi connectivity index (χ0v) is 20.8. The van der Waals surface area contributed by atoms with Gasteiger partial charge in [-0.3, -0.25) is 4.90 Å². The molecule has 4 aromatic rings. The van der Waals surface area contributed by atoms with Crippen LogP contribution in [0, 0.1) is 5.92 Å². The summed E-state index contributed by atoms with van der Waals surface area (Å²) in [5.74, 6) is 2.65. The van der Waals surface area contributed by atoms with Crippen molar-refractivity contribution >= 4 is 38.1 Å². The Labute approximate surface area is 205 Å². The smallest absolute Gasteiger partial charge is 0.146 e. The topological polar surface area (TPSA) is 50.3 Å². The number of hydrogen-bond acceptors (Lipinski definition) is 6. The van der Waals surface area contributed by atoms with Gasteiger partial charge in [0.15, 0.2) is 0 Å². The highest BCUT2D eigenvalue weighted by atomic mass is 32.1. The summed E-state index contributed by atoms with van der Waals surface area (Å²) in [6.45, 7) is 8.84. The second-order valence-electron chi connectivity index (χ2n) is 9.84. The largest absolute Gasteiger partial charge is 0.379 e. The molecule has 1 N–H and O–H groups in total. The number of thiophene rings is 1. The van der Waals surface area contributed by atoms with Gasteiger partial charge in [0.1, 0.15) is 16.5 Å². The number of benzene rings is 2. The molecule has 0 radical (unpaired) electrons. The minimum Gasteiger partial charge on any atom is -0.379 e. The number of anilines is 1. The second-order valence-corrected chi connectivity index (χ2v) is 10.9. The Kier molecular flexibility index (Phi) is 5.97. The molecule has 0 saturated carbocycles. The minimum atomic E-state index is 0.138. The molecule has 1 aliphatic carbocycles. The molecule has 1 saturated heterocycles. The van der Waals surface area contributed by atoms with Crippen LogP contribution in [0.2, 0.25) is 0 Å². The number of ether oxygens (including phenoxy) is 1. The Bertz CT molecular complexity index is 1320. The van der Waals surface area contributed by atoms with E-state index < -0.39 is 0 Å². The van der Waals surface area contributed by atoms with Crippen LogP contribution in [-0.4, -0.2) is 41.2 Å². The zero-order valence-electron chi connectivity index (χ0n) is 20.0. The number of rotatable bonds is 5. The van der Waals surface area contributed by atoms with Gasteiger partial charge in [0.05, 0.1) is 31.2 Å². The monoisotopic (exact) mass is 472 g/mol. The Morgan fingerprint density at radius 1 is 1.12 bits per heavy atom. The van der Waals surface area contributed by atoms with Crippen molar-refractivity contribution in [1.29, 1.82) is 0 Å². The molecule has 1 aliphatic heterocycles. The minimum absolute atomic E-state index is 0.138. The molecule has 176 valence electrons. The lowest BCUT2D eigenvalue weighted by Gasteiger charge is -2.26.